The monoisotopic (exact) mass is 198 g/mol. The Morgan fingerprint density at radius 1 is 1.64 bits per heavy atom. The SMILES string of the molecule is O=[N+]([O-])c1cccnc1Cl.[Ar]. The fourth-order valence-corrected chi connectivity index (χ4v) is 0.702. The molecule has 1 aromatic rings. The van der Waals surface area contributed by atoms with E-state index in [1.54, 1.807) is 0 Å². The van der Waals surface area contributed by atoms with Crippen LogP contribution in [0, 0.1) is 47.9 Å². The summed E-state index contributed by atoms with van der Waals surface area (Å²) in [6.45, 7) is 0. The van der Waals surface area contributed by atoms with Gasteiger partial charge in [-0.1, -0.05) is 11.6 Å². The van der Waals surface area contributed by atoms with Gasteiger partial charge in [-0.25, -0.2) is 4.98 Å². The van der Waals surface area contributed by atoms with Crippen LogP contribution in [0.1, 0.15) is 0 Å². The van der Waals surface area contributed by atoms with Gasteiger partial charge in [0.1, 0.15) is 0 Å². The fraction of sp³-hybridized carbons (Fsp3) is 0. The van der Waals surface area contributed by atoms with Gasteiger partial charge >= 0.3 is 5.69 Å². The molecule has 0 aliphatic carbocycles. The molecule has 1 heterocycles. The van der Waals surface area contributed by atoms with Crippen molar-refractivity contribution in [3.8, 4) is 0 Å². The Hall–Kier alpha value is 0.0997. The Balaban J connectivity index is 0.000001000. The molecule has 4 nitrogen and oxygen atoms in total. The van der Waals surface area contributed by atoms with Gasteiger partial charge in [-0.05, 0) is 6.07 Å². The van der Waals surface area contributed by atoms with E-state index < -0.39 is 4.92 Å². The van der Waals surface area contributed by atoms with Gasteiger partial charge in [0, 0.05) is 50.0 Å². The van der Waals surface area contributed by atoms with E-state index in [0.29, 0.717) is 0 Å². The number of nitrogens with zero attached hydrogens (tertiary/aromatic N) is 2. The van der Waals surface area contributed by atoms with Gasteiger partial charge in [-0.15, -0.1) is 0 Å². The average Bonchev–Trinajstić information content (AvgIpc) is 1.88. The molecule has 0 amide bonds. The number of hydrogen-bond donors (Lipinski definition) is 0. The first kappa shape index (κ1) is 11.1. The van der Waals surface area contributed by atoms with Crippen LogP contribution in [0.4, 0.5) is 5.69 Å². The topological polar surface area (TPSA) is 56.0 Å². The van der Waals surface area contributed by atoms with E-state index >= 15 is 0 Å². The van der Waals surface area contributed by atoms with Gasteiger partial charge in [0.05, 0.1) is 4.92 Å². The normalized spacial score (nSPS) is 8.45. The minimum Gasteiger partial charge on any atom is -0.258 e. The molecule has 11 heavy (non-hydrogen) atoms. The number of hydrogen-bond acceptors (Lipinski definition) is 3. The summed E-state index contributed by atoms with van der Waals surface area (Å²) in [5.41, 5.74) is -0.163. The van der Waals surface area contributed by atoms with E-state index in [1.807, 2.05) is 0 Å². The van der Waals surface area contributed by atoms with Gasteiger partial charge in [-0.3, -0.25) is 10.1 Å². The van der Waals surface area contributed by atoms with Crippen molar-refractivity contribution in [1.29, 1.82) is 0 Å². The predicted molar refractivity (Wildman–Crippen MR) is 35.9 cm³/mol. The molecule has 60 valence electrons. The van der Waals surface area contributed by atoms with Crippen molar-refractivity contribution in [2.24, 2.45) is 0 Å². The summed E-state index contributed by atoms with van der Waals surface area (Å²) in [5.74, 6) is 0. The van der Waals surface area contributed by atoms with Gasteiger partial charge in [0.2, 0.25) is 5.15 Å². The summed E-state index contributed by atoms with van der Waals surface area (Å²) >= 11 is 5.37. The predicted octanol–water partition coefficient (Wildman–Crippen LogP) is 1.64. The maximum atomic E-state index is 10.1. The molecule has 1 rings (SSSR count). The van der Waals surface area contributed by atoms with Crippen LogP contribution >= 0.6 is 11.6 Å². The number of nitro groups is 1. The molecule has 0 saturated carbocycles. The van der Waals surface area contributed by atoms with Gasteiger partial charge in [-0.2, -0.15) is 0 Å². The van der Waals surface area contributed by atoms with Crippen LogP contribution < -0.4 is 0 Å². The van der Waals surface area contributed by atoms with Crippen LogP contribution in [0.15, 0.2) is 18.3 Å². The van der Waals surface area contributed by atoms with Crippen LogP contribution in [0.2, 0.25) is 5.15 Å². The molecule has 1 aromatic heterocycles. The van der Waals surface area contributed by atoms with Crippen LogP contribution in [-0.2, 0) is 0 Å². The molecule has 0 atom stereocenters. The second-order valence-electron chi connectivity index (χ2n) is 1.57. The second kappa shape index (κ2) is 4.87. The van der Waals surface area contributed by atoms with Gasteiger partial charge < -0.3 is 0 Å². The van der Waals surface area contributed by atoms with Gasteiger partial charge in [0.25, 0.3) is 0 Å². The van der Waals surface area contributed by atoms with Crippen molar-refractivity contribution in [2.45, 2.75) is 0 Å². The van der Waals surface area contributed by atoms with Crippen LogP contribution in [-0.4, -0.2) is 9.91 Å². The first-order valence-electron chi connectivity index (χ1n) is 2.46. The van der Waals surface area contributed by atoms with Gasteiger partial charge in [0.15, 0.2) is 0 Å². The Morgan fingerprint density at radius 3 is 2.64 bits per heavy atom. The van der Waals surface area contributed by atoms with E-state index in [4.69, 9.17) is 11.6 Å². The minimum atomic E-state index is -0.574. The third-order valence-electron chi connectivity index (χ3n) is 0.936. The van der Waals surface area contributed by atoms with E-state index in [0.717, 1.165) is 0 Å². The second-order valence-corrected chi connectivity index (χ2v) is 1.93. The average molecular weight is 198 g/mol. The minimum absolute atomic E-state index is 0. The number of pyridine rings is 1. The first-order chi connectivity index (χ1) is 4.72. The summed E-state index contributed by atoms with van der Waals surface area (Å²) in [6.07, 6.45) is 1.40. The molecule has 0 aliphatic heterocycles. The van der Waals surface area contributed by atoms with E-state index in [-0.39, 0.29) is 48.6 Å². The molecule has 0 spiro atoms. The number of aromatic nitrogens is 1. The summed E-state index contributed by atoms with van der Waals surface area (Å²) in [4.78, 5) is 13.1. The molecule has 6 heteroatoms. The molecule has 0 N–H and O–H groups in total. The summed E-state index contributed by atoms with van der Waals surface area (Å²) in [6, 6.07) is 2.76. The Bertz CT molecular complexity index is 268. The third-order valence-corrected chi connectivity index (χ3v) is 1.23. The van der Waals surface area contributed by atoms with Crippen LogP contribution in [0.5, 0.6) is 0 Å². The molecule has 0 bridgehead atoms. The van der Waals surface area contributed by atoms with Crippen molar-refractivity contribution in [3.05, 3.63) is 33.6 Å². The Kier molecular flexibility index (Phi) is 4.92. The molecule has 0 radical (unpaired) electrons. The van der Waals surface area contributed by atoms with Crippen molar-refractivity contribution >= 4 is 17.3 Å². The van der Waals surface area contributed by atoms with E-state index in [9.17, 15) is 10.1 Å². The fourth-order valence-electron chi connectivity index (χ4n) is 0.514. The van der Waals surface area contributed by atoms with Crippen molar-refractivity contribution in [1.82, 2.24) is 4.98 Å². The zero-order valence-electron chi connectivity index (χ0n) is 5.17. The van der Waals surface area contributed by atoms with Crippen LogP contribution in [0.3, 0.4) is 0 Å². The number of halogens is 1. The quantitative estimate of drug-likeness (QED) is 0.392. The third kappa shape index (κ3) is 2.91. The molecular weight excluding hydrogens is 195 g/mol. The largest absolute Gasteiger partial charge is 0.306 e. The molecular formula is C5H3ArClN2O2. The molecule has 0 aliphatic rings. The van der Waals surface area contributed by atoms with E-state index in [2.05, 4.69) is 4.98 Å². The molecule has 0 aromatic carbocycles. The van der Waals surface area contributed by atoms with Crippen molar-refractivity contribution in [3.63, 3.8) is 0 Å². The maximum absolute atomic E-state index is 10.1. The Morgan fingerprint density at radius 2 is 2.27 bits per heavy atom. The molecule has 0 fully saturated rings. The van der Waals surface area contributed by atoms with Crippen molar-refractivity contribution in [2.75, 3.05) is 0 Å². The summed E-state index contributed by atoms with van der Waals surface area (Å²) in [5, 5.41) is 10.0. The first-order valence-corrected chi connectivity index (χ1v) is 2.84. The Labute approximate surface area is 97.7 Å². The summed E-state index contributed by atoms with van der Waals surface area (Å²) < 4.78 is 0. The van der Waals surface area contributed by atoms with Crippen LogP contribution in [0.25, 0.3) is 0 Å². The standard InChI is InChI=1S/C5H3ClN2O2.Ar/c6-5-4(8(9)10)2-1-3-7-5;/h1-3H;. The smallest absolute Gasteiger partial charge is 0.258 e. The maximum Gasteiger partial charge on any atom is 0.306 e. The van der Waals surface area contributed by atoms with Crippen molar-refractivity contribution < 1.29 is 42.7 Å². The molecule has 0 saturated heterocycles. The zero-order chi connectivity index (χ0) is 7.56. The van der Waals surface area contributed by atoms with E-state index in [1.165, 1.54) is 18.3 Å². The molecule has 0 unspecified atom stereocenters. The summed E-state index contributed by atoms with van der Waals surface area (Å²) in [7, 11) is 0. The zero-order valence-corrected chi connectivity index (χ0v) is 6.64. The number of rotatable bonds is 1.